The van der Waals surface area contributed by atoms with Crippen molar-refractivity contribution in [2.24, 2.45) is 0 Å². The van der Waals surface area contributed by atoms with Gasteiger partial charge >= 0.3 is 0 Å². The van der Waals surface area contributed by atoms with Gasteiger partial charge < -0.3 is 19.8 Å². The van der Waals surface area contributed by atoms with E-state index >= 15 is 0 Å². The molecule has 9 heteroatoms. The van der Waals surface area contributed by atoms with Crippen LogP contribution >= 0.6 is 0 Å². The number of methoxy groups -OCH3 is 2. The van der Waals surface area contributed by atoms with Crippen molar-refractivity contribution >= 4 is 16.8 Å². The summed E-state index contributed by atoms with van der Waals surface area (Å²) < 4.78 is 34.9. The predicted octanol–water partition coefficient (Wildman–Crippen LogP) is 2.91. The molecule has 0 spiro atoms. The number of halogens is 2. The highest BCUT2D eigenvalue weighted by Crippen LogP contribution is 2.33. The molecule has 27 heavy (non-hydrogen) atoms. The van der Waals surface area contributed by atoms with Crippen LogP contribution in [0.5, 0.6) is 11.6 Å². The minimum atomic E-state index is -2.66. The number of carbonyl (C=O) groups is 1. The molecule has 1 aromatic carbocycles. The molecule has 142 valence electrons. The Morgan fingerprint density at radius 3 is 2.63 bits per heavy atom. The molecule has 2 N–H and O–H groups in total. The maximum atomic E-state index is 12.2. The Balaban J connectivity index is 1.87. The fourth-order valence-corrected chi connectivity index (χ4v) is 2.65. The van der Waals surface area contributed by atoms with Crippen LogP contribution in [0.25, 0.3) is 22.2 Å². The van der Waals surface area contributed by atoms with Crippen LogP contribution in [0.4, 0.5) is 8.78 Å². The molecule has 7 nitrogen and oxygen atoms in total. The maximum Gasteiger partial charge on any atom is 0.247 e. The van der Waals surface area contributed by atoms with Gasteiger partial charge in [0.05, 0.1) is 45.3 Å². The van der Waals surface area contributed by atoms with Crippen molar-refractivity contribution in [2.75, 3.05) is 14.2 Å². The first-order valence-electron chi connectivity index (χ1n) is 8.11. The van der Waals surface area contributed by atoms with Crippen LogP contribution in [-0.4, -0.2) is 41.5 Å². The van der Waals surface area contributed by atoms with Crippen molar-refractivity contribution in [1.29, 1.82) is 0 Å². The Hall–Kier alpha value is -3.23. The summed E-state index contributed by atoms with van der Waals surface area (Å²) >= 11 is 0. The van der Waals surface area contributed by atoms with E-state index in [0.29, 0.717) is 23.0 Å². The van der Waals surface area contributed by atoms with E-state index in [1.54, 1.807) is 13.3 Å². The number of H-pyrrole nitrogens is 1. The minimum Gasteiger partial charge on any atom is -0.496 e. The van der Waals surface area contributed by atoms with Crippen LogP contribution in [0.3, 0.4) is 0 Å². The summed E-state index contributed by atoms with van der Waals surface area (Å²) in [6, 6.07) is 5.51. The molecule has 0 aliphatic rings. The van der Waals surface area contributed by atoms with E-state index in [9.17, 15) is 13.6 Å². The average Bonchev–Trinajstić information content (AvgIpc) is 3.06. The summed E-state index contributed by atoms with van der Waals surface area (Å²) in [6.45, 7) is 0.125. The maximum absolute atomic E-state index is 12.2. The van der Waals surface area contributed by atoms with Crippen molar-refractivity contribution in [3.8, 4) is 22.9 Å². The van der Waals surface area contributed by atoms with Gasteiger partial charge in [0.2, 0.25) is 18.2 Å². The van der Waals surface area contributed by atoms with Crippen molar-refractivity contribution in [1.82, 2.24) is 20.3 Å². The molecule has 0 atom stereocenters. The van der Waals surface area contributed by atoms with E-state index < -0.39 is 18.8 Å². The second-order valence-electron chi connectivity index (χ2n) is 5.75. The second kappa shape index (κ2) is 7.98. The molecule has 2 heterocycles. The summed E-state index contributed by atoms with van der Waals surface area (Å²) in [5.74, 6) is 0.310. The molecule has 2 aromatic heterocycles. The van der Waals surface area contributed by atoms with E-state index in [1.165, 1.54) is 13.3 Å². The number of hydrogen-bond donors (Lipinski definition) is 2. The van der Waals surface area contributed by atoms with Crippen LogP contribution in [0.15, 0.2) is 30.6 Å². The zero-order chi connectivity index (χ0) is 19.4. The predicted molar refractivity (Wildman–Crippen MR) is 94.9 cm³/mol. The lowest BCUT2D eigenvalue weighted by molar-refractivity contribution is -0.123. The van der Waals surface area contributed by atoms with Gasteiger partial charge in [-0.25, -0.2) is 18.7 Å². The zero-order valence-electron chi connectivity index (χ0n) is 14.8. The first-order valence-corrected chi connectivity index (χ1v) is 8.11. The lowest BCUT2D eigenvalue weighted by atomic mass is 10.1. The molecule has 0 fully saturated rings. The Kier molecular flexibility index (Phi) is 5.49. The molecule has 0 aliphatic heterocycles. The quantitative estimate of drug-likeness (QED) is 0.662. The molecule has 0 radical (unpaired) electrons. The van der Waals surface area contributed by atoms with Crippen molar-refractivity contribution in [3.05, 3.63) is 36.3 Å². The third kappa shape index (κ3) is 4.30. The van der Waals surface area contributed by atoms with Gasteiger partial charge in [-0.15, -0.1) is 0 Å². The van der Waals surface area contributed by atoms with Crippen LogP contribution in [0, 0.1) is 0 Å². The number of carbonyl (C=O) groups excluding carboxylic acids is 1. The minimum absolute atomic E-state index is 0.125. The van der Waals surface area contributed by atoms with E-state index in [1.807, 2.05) is 18.2 Å². The molecular weight excluding hydrogens is 358 g/mol. The number of hydrogen-bond acceptors (Lipinski definition) is 5. The SMILES string of the molecule is COc1cnc(-c2cc3[nH]c(CNC(=O)CC(F)F)cc3cc2OC)cn1. The van der Waals surface area contributed by atoms with Crippen molar-refractivity contribution < 1.29 is 23.0 Å². The number of nitrogens with one attached hydrogen (secondary N) is 2. The lowest BCUT2D eigenvalue weighted by Crippen LogP contribution is -2.24. The summed E-state index contributed by atoms with van der Waals surface area (Å²) in [5.41, 5.74) is 2.82. The van der Waals surface area contributed by atoms with Gasteiger partial charge in [0.25, 0.3) is 0 Å². The molecule has 0 saturated carbocycles. The van der Waals surface area contributed by atoms with E-state index in [-0.39, 0.29) is 6.54 Å². The highest BCUT2D eigenvalue weighted by atomic mass is 19.3. The fraction of sp³-hybridized carbons (Fsp3) is 0.278. The van der Waals surface area contributed by atoms with Crippen LogP contribution in [0.2, 0.25) is 0 Å². The van der Waals surface area contributed by atoms with E-state index in [4.69, 9.17) is 9.47 Å². The highest BCUT2D eigenvalue weighted by molar-refractivity contribution is 5.88. The molecular formula is C18H18F2N4O3. The van der Waals surface area contributed by atoms with Crippen LogP contribution < -0.4 is 14.8 Å². The Morgan fingerprint density at radius 2 is 2.00 bits per heavy atom. The summed E-state index contributed by atoms with van der Waals surface area (Å²) in [4.78, 5) is 23.0. The number of aromatic amines is 1. The number of alkyl halides is 2. The molecule has 0 unspecified atom stereocenters. The molecule has 3 rings (SSSR count). The van der Waals surface area contributed by atoms with Gasteiger partial charge in [-0.3, -0.25) is 4.79 Å². The number of rotatable bonds is 7. The Morgan fingerprint density at radius 1 is 1.19 bits per heavy atom. The Labute approximate surface area is 153 Å². The number of benzene rings is 1. The molecule has 0 saturated heterocycles. The standard InChI is InChI=1S/C18H18F2N4O3/c1-26-15-4-10-3-11(7-22-17(25)6-16(19)20)24-13(10)5-12(15)14-8-23-18(27-2)9-21-14/h3-5,8-9,16,24H,6-7H2,1-2H3,(H,22,25). The smallest absolute Gasteiger partial charge is 0.247 e. The molecule has 1 amide bonds. The normalized spacial score (nSPS) is 11.0. The van der Waals surface area contributed by atoms with Gasteiger partial charge in [0, 0.05) is 22.2 Å². The highest BCUT2D eigenvalue weighted by Gasteiger charge is 2.14. The van der Waals surface area contributed by atoms with E-state index in [2.05, 4.69) is 20.3 Å². The summed E-state index contributed by atoms with van der Waals surface area (Å²) in [7, 11) is 3.07. The average molecular weight is 376 g/mol. The number of aromatic nitrogens is 3. The summed E-state index contributed by atoms with van der Waals surface area (Å²) in [6.07, 6.45) is -0.381. The molecule has 0 aliphatic carbocycles. The van der Waals surface area contributed by atoms with Crippen LogP contribution in [-0.2, 0) is 11.3 Å². The zero-order valence-corrected chi connectivity index (χ0v) is 14.8. The van der Waals surface area contributed by atoms with Crippen molar-refractivity contribution in [3.63, 3.8) is 0 Å². The second-order valence-corrected chi connectivity index (χ2v) is 5.75. The molecule has 3 aromatic rings. The van der Waals surface area contributed by atoms with Gasteiger partial charge in [-0.2, -0.15) is 0 Å². The topological polar surface area (TPSA) is 89.1 Å². The molecule has 0 bridgehead atoms. The number of amides is 1. The third-order valence-corrected chi connectivity index (χ3v) is 3.93. The fourth-order valence-electron chi connectivity index (χ4n) is 2.65. The van der Waals surface area contributed by atoms with Gasteiger partial charge in [-0.05, 0) is 18.2 Å². The number of ether oxygens (including phenoxy) is 2. The van der Waals surface area contributed by atoms with Crippen molar-refractivity contribution in [2.45, 2.75) is 19.4 Å². The van der Waals surface area contributed by atoms with Crippen LogP contribution in [0.1, 0.15) is 12.1 Å². The van der Waals surface area contributed by atoms with Gasteiger partial charge in [0.15, 0.2) is 0 Å². The van der Waals surface area contributed by atoms with Gasteiger partial charge in [0.1, 0.15) is 5.75 Å². The largest absolute Gasteiger partial charge is 0.496 e. The number of nitrogens with zero attached hydrogens (tertiary/aromatic N) is 2. The Bertz CT molecular complexity index is 942. The van der Waals surface area contributed by atoms with Gasteiger partial charge in [-0.1, -0.05) is 0 Å². The van der Waals surface area contributed by atoms with E-state index in [0.717, 1.165) is 16.5 Å². The first kappa shape index (κ1) is 18.6. The summed E-state index contributed by atoms with van der Waals surface area (Å²) in [5, 5.41) is 3.32. The monoisotopic (exact) mass is 376 g/mol. The number of fused-ring (bicyclic) bond motifs is 1. The first-order chi connectivity index (χ1) is 13.0. The third-order valence-electron chi connectivity index (χ3n) is 3.93. The lowest BCUT2D eigenvalue weighted by Gasteiger charge is -2.08.